The lowest BCUT2D eigenvalue weighted by Gasteiger charge is -2.12. The van der Waals surface area contributed by atoms with Crippen LogP contribution in [0.3, 0.4) is 0 Å². The number of rotatable bonds is 5. The number of benzene rings is 1. The normalized spacial score (nSPS) is 16.4. The van der Waals surface area contributed by atoms with Crippen molar-refractivity contribution < 1.29 is 14.4 Å². The van der Waals surface area contributed by atoms with Gasteiger partial charge in [0.1, 0.15) is 0 Å². The van der Waals surface area contributed by atoms with Crippen LogP contribution in [0.4, 0.5) is 5.13 Å². The molecular formula is C17H15N3O3S. The van der Waals surface area contributed by atoms with Gasteiger partial charge in [-0.3, -0.25) is 19.3 Å². The van der Waals surface area contributed by atoms with E-state index in [1.165, 1.54) is 16.2 Å². The quantitative estimate of drug-likeness (QED) is 0.847. The van der Waals surface area contributed by atoms with Crippen molar-refractivity contribution in [2.45, 2.75) is 19.3 Å². The Bertz CT molecular complexity index is 806. The van der Waals surface area contributed by atoms with Crippen LogP contribution < -0.4 is 5.32 Å². The topological polar surface area (TPSA) is 79.4 Å². The molecule has 2 aromatic rings. The number of nitrogens with zero attached hydrogens (tertiary/aromatic N) is 2. The molecule has 1 aromatic carbocycles. The lowest BCUT2D eigenvalue weighted by molar-refractivity contribution is -0.117. The van der Waals surface area contributed by atoms with E-state index in [9.17, 15) is 14.4 Å². The molecule has 0 saturated heterocycles. The summed E-state index contributed by atoms with van der Waals surface area (Å²) in [6.07, 6.45) is 4.11. The molecule has 0 bridgehead atoms. The summed E-state index contributed by atoms with van der Waals surface area (Å²) >= 11 is 1.38. The van der Waals surface area contributed by atoms with Crippen LogP contribution in [0.15, 0.2) is 30.5 Å². The van der Waals surface area contributed by atoms with E-state index in [1.807, 2.05) is 0 Å². The van der Waals surface area contributed by atoms with Gasteiger partial charge in [-0.2, -0.15) is 0 Å². The summed E-state index contributed by atoms with van der Waals surface area (Å²) in [4.78, 5) is 42.7. The third kappa shape index (κ3) is 2.71. The first-order valence-corrected chi connectivity index (χ1v) is 8.66. The monoisotopic (exact) mass is 341 g/mol. The molecule has 4 rings (SSSR count). The Morgan fingerprint density at radius 3 is 2.50 bits per heavy atom. The van der Waals surface area contributed by atoms with Crippen LogP contribution in [0, 0.1) is 5.92 Å². The Hall–Kier alpha value is -2.54. The number of anilines is 1. The largest absolute Gasteiger partial charge is 0.302 e. The molecule has 1 aliphatic carbocycles. The summed E-state index contributed by atoms with van der Waals surface area (Å²) in [6.45, 7) is 0.310. The van der Waals surface area contributed by atoms with Crippen LogP contribution in [0.2, 0.25) is 0 Å². The highest BCUT2D eigenvalue weighted by molar-refractivity contribution is 7.15. The van der Waals surface area contributed by atoms with Crippen LogP contribution in [-0.4, -0.2) is 34.2 Å². The van der Waals surface area contributed by atoms with Gasteiger partial charge in [0.15, 0.2) is 5.13 Å². The first-order chi connectivity index (χ1) is 11.6. The molecule has 3 amide bonds. The van der Waals surface area contributed by atoms with E-state index in [-0.39, 0.29) is 23.6 Å². The van der Waals surface area contributed by atoms with Crippen molar-refractivity contribution in [3.05, 3.63) is 46.5 Å². The molecule has 122 valence electrons. The molecule has 1 aliphatic heterocycles. The highest BCUT2D eigenvalue weighted by Gasteiger charge is 2.34. The van der Waals surface area contributed by atoms with E-state index < -0.39 is 0 Å². The minimum Gasteiger partial charge on any atom is -0.302 e. The number of hydrogen-bond acceptors (Lipinski definition) is 5. The van der Waals surface area contributed by atoms with E-state index in [4.69, 9.17) is 0 Å². The summed E-state index contributed by atoms with van der Waals surface area (Å²) in [5.41, 5.74) is 0.924. The average Bonchev–Trinajstić information content (AvgIpc) is 3.31. The van der Waals surface area contributed by atoms with Crippen molar-refractivity contribution in [3.8, 4) is 0 Å². The summed E-state index contributed by atoms with van der Waals surface area (Å²) in [6, 6.07) is 6.86. The lowest BCUT2D eigenvalue weighted by atomic mass is 10.1. The first-order valence-electron chi connectivity index (χ1n) is 7.84. The third-order valence-corrected chi connectivity index (χ3v) is 5.16. The zero-order valence-corrected chi connectivity index (χ0v) is 13.6. The number of amides is 3. The maximum atomic E-state index is 12.3. The first kappa shape index (κ1) is 15.0. The average molecular weight is 341 g/mol. The highest BCUT2D eigenvalue weighted by atomic mass is 32.1. The molecule has 6 nitrogen and oxygen atoms in total. The minimum absolute atomic E-state index is 0.0243. The van der Waals surface area contributed by atoms with Gasteiger partial charge in [-0.25, -0.2) is 4.98 Å². The number of aromatic nitrogens is 1. The molecule has 2 heterocycles. The summed E-state index contributed by atoms with van der Waals surface area (Å²) in [7, 11) is 0. The molecule has 2 aliphatic rings. The van der Waals surface area contributed by atoms with Gasteiger partial charge < -0.3 is 5.32 Å². The van der Waals surface area contributed by atoms with E-state index >= 15 is 0 Å². The molecule has 1 saturated carbocycles. The van der Waals surface area contributed by atoms with Gasteiger partial charge in [0.25, 0.3) is 11.8 Å². The zero-order chi connectivity index (χ0) is 16.7. The number of imide groups is 1. The Balaban J connectivity index is 1.39. The summed E-state index contributed by atoms with van der Waals surface area (Å²) in [5, 5.41) is 3.38. The predicted octanol–water partition coefficient (Wildman–Crippen LogP) is 2.33. The Labute approximate surface area is 142 Å². The molecule has 7 heteroatoms. The SMILES string of the molecule is O=C(Nc1ncc(CCN2C(=O)c3ccccc3C2=O)s1)C1CC1. The molecular weight excluding hydrogens is 326 g/mol. The van der Waals surface area contributed by atoms with Gasteiger partial charge in [-0.15, -0.1) is 11.3 Å². The summed E-state index contributed by atoms with van der Waals surface area (Å²) < 4.78 is 0. The van der Waals surface area contributed by atoms with Crippen LogP contribution in [0.1, 0.15) is 38.4 Å². The smallest absolute Gasteiger partial charge is 0.261 e. The van der Waals surface area contributed by atoms with Gasteiger partial charge in [-0.1, -0.05) is 12.1 Å². The third-order valence-electron chi connectivity index (χ3n) is 4.19. The summed E-state index contributed by atoms with van der Waals surface area (Å²) in [5.74, 6) is -0.336. The molecule has 1 N–H and O–H groups in total. The Kier molecular flexibility index (Phi) is 3.65. The second-order valence-electron chi connectivity index (χ2n) is 5.95. The molecule has 0 atom stereocenters. The van der Waals surface area contributed by atoms with Crippen molar-refractivity contribution >= 4 is 34.2 Å². The Morgan fingerprint density at radius 1 is 1.21 bits per heavy atom. The maximum Gasteiger partial charge on any atom is 0.261 e. The maximum absolute atomic E-state index is 12.3. The van der Waals surface area contributed by atoms with Gasteiger partial charge in [0.2, 0.25) is 5.91 Å². The van der Waals surface area contributed by atoms with Crippen LogP contribution in [-0.2, 0) is 11.2 Å². The minimum atomic E-state index is -0.248. The van der Waals surface area contributed by atoms with Gasteiger partial charge in [0, 0.05) is 30.0 Å². The van der Waals surface area contributed by atoms with Crippen LogP contribution >= 0.6 is 11.3 Å². The van der Waals surface area contributed by atoms with E-state index in [2.05, 4.69) is 10.3 Å². The van der Waals surface area contributed by atoms with Crippen molar-refractivity contribution in [1.29, 1.82) is 0 Å². The molecule has 1 aromatic heterocycles. The highest BCUT2D eigenvalue weighted by Crippen LogP contribution is 2.31. The Morgan fingerprint density at radius 2 is 1.88 bits per heavy atom. The van der Waals surface area contributed by atoms with Crippen LogP contribution in [0.5, 0.6) is 0 Å². The number of fused-ring (bicyclic) bond motifs is 1. The van der Waals surface area contributed by atoms with Crippen molar-refractivity contribution in [3.63, 3.8) is 0 Å². The fourth-order valence-electron chi connectivity index (χ4n) is 2.70. The molecule has 0 unspecified atom stereocenters. The standard InChI is InChI=1S/C17H15N3O3S/c21-14(10-5-6-10)19-17-18-9-11(24-17)7-8-20-15(22)12-3-1-2-4-13(12)16(20)23/h1-4,9-10H,5-8H2,(H,18,19,21). The van der Waals surface area contributed by atoms with Crippen molar-refractivity contribution in [2.75, 3.05) is 11.9 Å². The fraction of sp³-hybridized carbons (Fsp3) is 0.294. The van der Waals surface area contributed by atoms with Crippen molar-refractivity contribution in [1.82, 2.24) is 9.88 Å². The van der Waals surface area contributed by atoms with Crippen LogP contribution in [0.25, 0.3) is 0 Å². The fourth-order valence-corrected chi connectivity index (χ4v) is 3.50. The van der Waals surface area contributed by atoms with E-state index in [1.54, 1.807) is 30.5 Å². The van der Waals surface area contributed by atoms with Gasteiger partial charge >= 0.3 is 0 Å². The molecule has 0 spiro atoms. The lowest BCUT2D eigenvalue weighted by Crippen LogP contribution is -2.31. The number of thiazole rings is 1. The van der Waals surface area contributed by atoms with Gasteiger partial charge in [0.05, 0.1) is 11.1 Å². The number of carbonyl (C=O) groups excluding carboxylic acids is 3. The van der Waals surface area contributed by atoms with E-state index in [0.29, 0.717) is 29.2 Å². The molecule has 24 heavy (non-hydrogen) atoms. The van der Waals surface area contributed by atoms with Gasteiger partial charge in [-0.05, 0) is 25.0 Å². The number of nitrogens with one attached hydrogen (secondary N) is 1. The number of carbonyl (C=O) groups is 3. The van der Waals surface area contributed by atoms with E-state index in [0.717, 1.165) is 17.7 Å². The second kappa shape index (κ2) is 5.83. The molecule has 1 fully saturated rings. The number of hydrogen-bond donors (Lipinski definition) is 1. The molecule has 0 radical (unpaired) electrons. The van der Waals surface area contributed by atoms with Crippen molar-refractivity contribution in [2.24, 2.45) is 5.92 Å². The second-order valence-corrected chi connectivity index (χ2v) is 7.07. The predicted molar refractivity (Wildman–Crippen MR) is 89.0 cm³/mol. The zero-order valence-electron chi connectivity index (χ0n) is 12.8.